The van der Waals surface area contributed by atoms with Gasteiger partial charge >= 0.3 is 0 Å². The summed E-state index contributed by atoms with van der Waals surface area (Å²) in [7, 11) is 1.67. The first kappa shape index (κ1) is 17.9. The van der Waals surface area contributed by atoms with E-state index in [1.54, 1.807) is 7.11 Å². The second kappa shape index (κ2) is 10.6. The molecule has 0 radical (unpaired) electrons. The molecule has 0 heterocycles. The predicted molar refractivity (Wildman–Crippen MR) is 87.4 cm³/mol. The minimum absolute atomic E-state index is 0.637. The summed E-state index contributed by atoms with van der Waals surface area (Å²) in [6, 6.07) is 4.13. The highest BCUT2D eigenvalue weighted by Gasteiger charge is 2.08. The second-order valence-electron chi connectivity index (χ2n) is 4.10. The van der Waals surface area contributed by atoms with Crippen LogP contribution in [0.5, 0.6) is 5.75 Å². The maximum atomic E-state index is 5.56. The first-order valence-electron chi connectivity index (χ1n) is 6.57. The van der Waals surface area contributed by atoms with E-state index in [0.29, 0.717) is 26.4 Å². The number of nitrogens with one attached hydrogen (secondary N) is 1. The summed E-state index contributed by atoms with van der Waals surface area (Å²) < 4.78 is 17.8. The molecule has 0 fully saturated rings. The fourth-order valence-electron chi connectivity index (χ4n) is 1.62. The Morgan fingerprint density at radius 2 is 1.80 bits per heavy atom. The molecule has 0 aliphatic rings. The van der Waals surface area contributed by atoms with Gasteiger partial charge in [-0.05, 0) is 56.5 Å². The lowest BCUT2D eigenvalue weighted by molar-refractivity contribution is 0.0719. The minimum atomic E-state index is 0.637. The van der Waals surface area contributed by atoms with Crippen LogP contribution in [0, 0.1) is 0 Å². The summed E-state index contributed by atoms with van der Waals surface area (Å²) in [4.78, 5) is 0. The van der Waals surface area contributed by atoms with E-state index in [2.05, 4.69) is 49.3 Å². The van der Waals surface area contributed by atoms with Crippen molar-refractivity contribution >= 4 is 31.9 Å². The van der Waals surface area contributed by atoms with Crippen molar-refractivity contribution in [2.45, 2.75) is 13.5 Å². The molecule has 0 spiro atoms. The van der Waals surface area contributed by atoms with Crippen LogP contribution in [0.4, 0.5) is 0 Å². The molecule has 4 nitrogen and oxygen atoms in total. The average molecular weight is 411 g/mol. The topological polar surface area (TPSA) is 39.7 Å². The second-order valence-corrected chi connectivity index (χ2v) is 5.81. The number of hydrogen-bond acceptors (Lipinski definition) is 4. The van der Waals surface area contributed by atoms with Crippen LogP contribution in [0.3, 0.4) is 0 Å². The van der Waals surface area contributed by atoms with Gasteiger partial charge in [0.15, 0.2) is 0 Å². The summed E-state index contributed by atoms with van der Waals surface area (Å²) in [5.74, 6) is 0.846. The smallest absolute Gasteiger partial charge is 0.147 e. The van der Waals surface area contributed by atoms with Gasteiger partial charge in [0, 0.05) is 20.2 Å². The molecular weight excluding hydrogens is 390 g/mol. The van der Waals surface area contributed by atoms with Crippen LogP contribution in [0.25, 0.3) is 0 Å². The molecule has 114 valence electrons. The fourth-order valence-corrected chi connectivity index (χ4v) is 3.13. The number of hydrogen-bond donors (Lipinski definition) is 1. The standard InChI is InChI=1S/C14H21Br2NO3/c1-3-20-14-12(15)8-11(9-13(14)16)10-17-4-5-19-7-6-18-2/h8-9,17H,3-7,10H2,1-2H3. The quantitative estimate of drug-likeness (QED) is 0.600. The van der Waals surface area contributed by atoms with Crippen molar-refractivity contribution in [3.8, 4) is 5.75 Å². The highest BCUT2D eigenvalue weighted by molar-refractivity contribution is 9.11. The molecule has 1 rings (SSSR count). The molecule has 0 aliphatic carbocycles. The number of halogens is 2. The van der Waals surface area contributed by atoms with Crippen LogP contribution in [-0.2, 0) is 16.0 Å². The summed E-state index contributed by atoms with van der Waals surface area (Å²) in [5.41, 5.74) is 1.18. The van der Waals surface area contributed by atoms with E-state index in [1.165, 1.54) is 5.56 Å². The summed E-state index contributed by atoms with van der Waals surface area (Å²) >= 11 is 7.06. The van der Waals surface area contributed by atoms with Crippen LogP contribution in [0.2, 0.25) is 0 Å². The Hall–Kier alpha value is -0.140. The van der Waals surface area contributed by atoms with Crippen LogP contribution in [0.15, 0.2) is 21.1 Å². The summed E-state index contributed by atoms with van der Waals surface area (Å²) in [6.07, 6.45) is 0. The van der Waals surface area contributed by atoms with E-state index in [0.717, 1.165) is 27.8 Å². The van der Waals surface area contributed by atoms with Crippen LogP contribution in [0.1, 0.15) is 12.5 Å². The molecule has 0 unspecified atom stereocenters. The highest BCUT2D eigenvalue weighted by Crippen LogP contribution is 2.34. The largest absolute Gasteiger partial charge is 0.492 e. The lowest BCUT2D eigenvalue weighted by Gasteiger charge is -2.11. The highest BCUT2D eigenvalue weighted by atomic mass is 79.9. The van der Waals surface area contributed by atoms with Gasteiger partial charge in [-0.3, -0.25) is 0 Å². The minimum Gasteiger partial charge on any atom is -0.492 e. The first-order chi connectivity index (χ1) is 9.69. The van der Waals surface area contributed by atoms with E-state index in [1.807, 2.05) is 6.92 Å². The van der Waals surface area contributed by atoms with E-state index >= 15 is 0 Å². The molecule has 0 saturated carbocycles. The third kappa shape index (κ3) is 6.54. The van der Waals surface area contributed by atoms with E-state index in [4.69, 9.17) is 14.2 Å². The molecule has 0 aromatic heterocycles. The molecule has 0 amide bonds. The maximum absolute atomic E-state index is 5.56. The zero-order chi connectivity index (χ0) is 14.8. The molecule has 6 heteroatoms. The van der Waals surface area contributed by atoms with Crippen molar-refractivity contribution in [1.29, 1.82) is 0 Å². The van der Waals surface area contributed by atoms with Crippen molar-refractivity contribution in [1.82, 2.24) is 5.32 Å². The summed E-state index contributed by atoms with van der Waals surface area (Å²) in [6.45, 7) is 6.18. The molecule has 1 N–H and O–H groups in total. The van der Waals surface area contributed by atoms with Gasteiger partial charge in [0.25, 0.3) is 0 Å². The normalized spacial score (nSPS) is 10.8. The molecule has 0 aliphatic heterocycles. The van der Waals surface area contributed by atoms with Gasteiger partial charge < -0.3 is 19.5 Å². The first-order valence-corrected chi connectivity index (χ1v) is 8.15. The maximum Gasteiger partial charge on any atom is 0.147 e. The van der Waals surface area contributed by atoms with Crippen molar-refractivity contribution in [2.75, 3.05) is 40.1 Å². The van der Waals surface area contributed by atoms with Gasteiger partial charge in [-0.25, -0.2) is 0 Å². The Kier molecular flexibility index (Phi) is 9.46. The van der Waals surface area contributed by atoms with Gasteiger partial charge in [0.1, 0.15) is 5.75 Å². The Morgan fingerprint density at radius 1 is 1.10 bits per heavy atom. The van der Waals surface area contributed by atoms with Gasteiger partial charge in [-0.15, -0.1) is 0 Å². The third-order valence-electron chi connectivity index (χ3n) is 2.53. The molecule has 20 heavy (non-hydrogen) atoms. The number of methoxy groups -OCH3 is 1. The fraction of sp³-hybridized carbons (Fsp3) is 0.571. The van der Waals surface area contributed by atoms with Gasteiger partial charge in [-0.1, -0.05) is 0 Å². The number of benzene rings is 1. The molecule has 1 aromatic carbocycles. The molecular formula is C14H21Br2NO3. The lowest BCUT2D eigenvalue weighted by atomic mass is 10.2. The molecule has 0 bridgehead atoms. The Bertz CT molecular complexity index is 379. The average Bonchev–Trinajstić information content (AvgIpc) is 2.42. The van der Waals surface area contributed by atoms with Crippen molar-refractivity contribution in [3.63, 3.8) is 0 Å². The van der Waals surface area contributed by atoms with E-state index < -0.39 is 0 Å². The lowest BCUT2D eigenvalue weighted by Crippen LogP contribution is -2.20. The van der Waals surface area contributed by atoms with E-state index in [-0.39, 0.29) is 0 Å². The monoisotopic (exact) mass is 409 g/mol. The van der Waals surface area contributed by atoms with Crippen LogP contribution in [-0.4, -0.2) is 40.1 Å². The van der Waals surface area contributed by atoms with Crippen molar-refractivity contribution in [3.05, 3.63) is 26.6 Å². The zero-order valence-electron chi connectivity index (χ0n) is 11.9. The van der Waals surface area contributed by atoms with Crippen molar-refractivity contribution in [2.24, 2.45) is 0 Å². The van der Waals surface area contributed by atoms with Crippen molar-refractivity contribution < 1.29 is 14.2 Å². The SMILES string of the molecule is CCOc1c(Br)cc(CNCCOCCOC)cc1Br. The molecule has 1 aromatic rings. The zero-order valence-corrected chi connectivity index (χ0v) is 15.1. The van der Waals surface area contributed by atoms with Crippen LogP contribution < -0.4 is 10.1 Å². The Balaban J connectivity index is 2.34. The predicted octanol–water partition coefficient (Wildman–Crippen LogP) is 3.36. The van der Waals surface area contributed by atoms with Gasteiger partial charge in [0.2, 0.25) is 0 Å². The van der Waals surface area contributed by atoms with Gasteiger partial charge in [0.05, 0.1) is 35.4 Å². The summed E-state index contributed by atoms with van der Waals surface area (Å²) in [5, 5.41) is 3.34. The van der Waals surface area contributed by atoms with Crippen LogP contribution >= 0.6 is 31.9 Å². The van der Waals surface area contributed by atoms with Gasteiger partial charge in [-0.2, -0.15) is 0 Å². The Morgan fingerprint density at radius 3 is 2.40 bits per heavy atom. The number of rotatable bonds is 10. The molecule has 0 saturated heterocycles. The third-order valence-corrected chi connectivity index (χ3v) is 3.71. The Labute approximate surface area is 137 Å². The van der Waals surface area contributed by atoms with E-state index in [9.17, 15) is 0 Å². The molecule has 0 atom stereocenters. The number of ether oxygens (including phenoxy) is 3.